The second-order valence-corrected chi connectivity index (χ2v) is 6.96. The fourth-order valence-corrected chi connectivity index (χ4v) is 3.31. The standard InChI is InChI=1S/C17H11BrN4OS/c18-13-8-6-12(7-9-13)15(23)20-16-21-22-10-14(19-17(22)24-16)11-4-2-1-3-5-11/h1-10H,(H,20,21,23). The van der Waals surface area contributed by atoms with Crippen molar-refractivity contribution in [1.29, 1.82) is 0 Å². The van der Waals surface area contributed by atoms with Crippen LogP contribution in [0, 0.1) is 0 Å². The van der Waals surface area contributed by atoms with Crippen LogP contribution < -0.4 is 5.32 Å². The first-order valence-corrected chi connectivity index (χ1v) is 8.78. The molecule has 0 unspecified atom stereocenters. The molecule has 0 saturated carbocycles. The highest BCUT2D eigenvalue weighted by Crippen LogP contribution is 2.24. The van der Waals surface area contributed by atoms with Crippen molar-refractivity contribution >= 4 is 43.3 Å². The van der Waals surface area contributed by atoms with Crippen LogP contribution in [-0.4, -0.2) is 20.5 Å². The number of amides is 1. The van der Waals surface area contributed by atoms with Gasteiger partial charge in [0.1, 0.15) is 0 Å². The molecule has 2 aromatic heterocycles. The lowest BCUT2D eigenvalue weighted by Crippen LogP contribution is -2.11. The van der Waals surface area contributed by atoms with Crippen LogP contribution >= 0.6 is 27.3 Å². The Kier molecular flexibility index (Phi) is 3.87. The molecule has 2 aromatic carbocycles. The van der Waals surface area contributed by atoms with Crippen molar-refractivity contribution in [2.75, 3.05) is 5.32 Å². The molecule has 24 heavy (non-hydrogen) atoms. The van der Waals surface area contributed by atoms with Gasteiger partial charge in [-0.15, -0.1) is 5.10 Å². The zero-order valence-corrected chi connectivity index (χ0v) is 14.7. The van der Waals surface area contributed by atoms with Gasteiger partial charge in [0.25, 0.3) is 5.91 Å². The summed E-state index contributed by atoms with van der Waals surface area (Å²) in [5.74, 6) is -0.192. The minimum Gasteiger partial charge on any atom is -0.296 e. The lowest BCUT2D eigenvalue weighted by atomic mass is 10.2. The minimum atomic E-state index is -0.192. The van der Waals surface area contributed by atoms with Gasteiger partial charge >= 0.3 is 0 Å². The SMILES string of the molecule is O=C(Nc1nn2cc(-c3ccccc3)nc2s1)c1ccc(Br)cc1. The van der Waals surface area contributed by atoms with Crippen molar-refractivity contribution in [3.05, 3.63) is 70.8 Å². The van der Waals surface area contributed by atoms with Gasteiger partial charge < -0.3 is 0 Å². The molecule has 4 aromatic rings. The average molecular weight is 399 g/mol. The molecule has 0 aliphatic carbocycles. The number of imidazole rings is 1. The van der Waals surface area contributed by atoms with Crippen molar-refractivity contribution in [3.8, 4) is 11.3 Å². The molecule has 2 heterocycles. The zero-order valence-electron chi connectivity index (χ0n) is 12.3. The number of fused-ring (bicyclic) bond motifs is 1. The number of anilines is 1. The van der Waals surface area contributed by atoms with E-state index in [4.69, 9.17) is 0 Å². The molecule has 1 amide bonds. The summed E-state index contributed by atoms with van der Waals surface area (Å²) in [6.07, 6.45) is 1.86. The van der Waals surface area contributed by atoms with Gasteiger partial charge in [0.2, 0.25) is 10.1 Å². The summed E-state index contributed by atoms with van der Waals surface area (Å²) in [6, 6.07) is 17.1. The van der Waals surface area contributed by atoms with Gasteiger partial charge in [-0.05, 0) is 24.3 Å². The molecule has 0 aliphatic heterocycles. The van der Waals surface area contributed by atoms with Gasteiger partial charge in [0.05, 0.1) is 11.9 Å². The van der Waals surface area contributed by atoms with Gasteiger partial charge in [0, 0.05) is 15.6 Å². The lowest BCUT2D eigenvalue weighted by molar-refractivity contribution is 0.102. The number of nitrogens with zero attached hydrogens (tertiary/aromatic N) is 3. The molecule has 5 nitrogen and oxygen atoms in total. The van der Waals surface area contributed by atoms with Crippen molar-refractivity contribution in [2.45, 2.75) is 0 Å². The van der Waals surface area contributed by atoms with Gasteiger partial charge in [-0.2, -0.15) is 0 Å². The third-order valence-electron chi connectivity index (χ3n) is 3.44. The summed E-state index contributed by atoms with van der Waals surface area (Å²) in [7, 11) is 0. The first kappa shape index (κ1) is 15.0. The van der Waals surface area contributed by atoms with E-state index in [1.807, 2.05) is 48.7 Å². The van der Waals surface area contributed by atoms with Gasteiger partial charge in [-0.1, -0.05) is 57.6 Å². The van der Waals surface area contributed by atoms with Crippen LogP contribution in [0.25, 0.3) is 16.2 Å². The Labute approximate surface area is 150 Å². The van der Waals surface area contributed by atoms with Crippen molar-refractivity contribution in [3.63, 3.8) is 0 Å². The Morgan fingerprint density at radius 3 is 2.54 bits per heavy atom. The Bertz CT molecular complexity index is 977. The van der Waals surface area contributed by atoms with E-state index in [2.05, 4.69) is 31.3 Å². The van der Waals surface area contributed by atoms with E-state index in [9.17, 15) is 4.79 Å². The Hall–Kier alpha value is -2.51. The summed E-state index contributed by atoms with van der Waals surface area (Å²) in [4.78, 5) is 17.5. The Balaban J connectivity index is 1.56. The molecule has 4 rings (SSSR count). The summed E-state index contributed by atoms with van der Waals surface area (Å²) in [5, 5.41) is 7.70. The van der Waals surface area contributed by atoms with Crippen LogP contribution in [0.1, 0.15) is 10.4 Å². The maximum absolute atomic E-state index is 12.2. The maximum atomic E-state index is 12.2. The molecule has 0 radical (unpaired) electrons. The maximum Gasteiger partial charge on any atom is 0.257 e. The number of hydrogen-bond donors (Lipinski definition) is 1. The van der Waals surface area contributed by atoms with E-state index in [0.29, 0.717) is 10.7 Å². The minimum absolute atomic E-state index is 0.192. The van der Waals surface area contributed by atoms with E-state index in [1.165, 1.54) is 11.3 Å². The Morgan fingerprint density at radius 2 is 1.83 bits per heavy atom. The van der Waals surface area contributed by atoms with Gasteiger partial charge in [-0.25, -0.2) is 9.50 Å². The second-order valence-electron chi connectivity index (χ2n) is 5.09. The highest BCUT2D eigenvalue weighted by atomic mass is 79.9. The van der Waals surface area contributed by atoms with E-state index >= 15 is 0 Å². The zero-order chi connectivity index (χ0) is 16.5. The summed E-state index contributed by atoms with van der Waals surface area (Å²) >= 11 is 4.69. The normalized spacial score (nSPS) is 10.9. The number of aromatic nitrogens is 3. The summed E-state index contributed by atoms with van der Waals surface area (Å²) < 4.78 is 2.62. The number of benzene rings is 2. The summed E-state index contributed by atoms with van der Waals surface area (Å²) in [5.41, 5.74) is 2.48. The molecule has 0 spiro atoms. The highest BCUT2D eigenvalue weighted by Gasteiger charge is 2.12. The highest BCUT2D eigenvalue weighted by molar-refractivity contribution is 9.10. The fraction of sp³-hybridized carbons (Fsp3) is 0. The van der Waals surface area contributed by atoms with E-state index in [1.54, 1.807) is 16.6 Å². The predicted octanol–water partition coefficient (Wildman–Crippen LogP) is 4.47. The molecule has 0 bridgehead atoms. The van der Waals surface area contributed by atoms with E-state index < -0.39 is 0 Å². The monoisotopic (exact) mass is 398 g/mol. The smallest absolute Gasteiger partial charge is 0.257 e. The molecule has 0 atom stereocenters. The third kappa shape index (κ3) is 2.95. The number of nitrogens with one attached hydrogen (secondary N) is 1. The molecule has 0 saturated heterocycles. The van der Waals surface area contributed by atoms with Gasteiger partial charge in [-0.3, -0.25) is 10.1 Å². The molecule has 0 aliphatic rings. The van der Waals surface area contributed by atoms with Crippen molar-refractivity contribution < 1.29 is 4.79 Å². The predicted molar refractivity (Wildman–Crippen MR) is 98.4 cm³/mol. The number of carbonyl (C=O) groups excluding carboxylic acids is 1. The molecular formula is C17H11BrN4OS. The van der Waals surface area contributed by atoms with E-state index in [0.717, 1.165) is 20.7 Å². The first-order valence-electron chi connectivity index (χ1n) is 7.17. The van der Waals surface area contributed by atoms with Crippen molar-refractivity contribution in [2.24, 2.45) is 0 Å². The Morgan fingerprint density at radius 1 is 1.08 bits per heavy atom. The number of hydrogen-bond acceptors (Lipinski definition) is 4. The largest absolute Gasteiger partial charge is 0.296 e. The summed E-state index contributed by atoms with van der Waals surface area (Å²) in [6.45, 7) is 0. The molecule has 7 heteroatoms. The average Bonchev–Trinajstić information content (AvgIpc) is 3.14. The van der Waals surface area contributed by atoms with Crippen molar-refractivity contribution in [1.82, 2.24) is 14.6 Å². The lowest BCUT2D eigenvalue weighted by Gasteiger charge is -2.01. The molecule has 118 valence electrons. The fourth-order valence-electron chi connectivity index (χ4n) is 2.27. The van der Waals surface area contributed by atoms with Crippen LogP contribution in [0.4, 0.5) is 5.13 Å². The quantitative estimate of drug-likeness (QED) is 0.553. The molecule has 1 N–H and O–H groups in total. The third-order valence-corrected chi connectivity index (χ3v) is 4.81. The molecular weight excluding hydrogens is 388 g/mol. The topological polar surface area (TPSA) is 59.3 Å². The van der Waals surface area contributed by atoms with Crippen LogP contribution in [0.3, 0.4) is 0 Å². The van der Waals surface area contributed by atoms with Gasteiger partial charge in [0.15, 0.2) is 0 Å². The second kappa shape index (κ2) is 6.18. The van der Waals surface area contributed by atoms with E-state index in [-0.39, 0.29) is 5.91 Å². The van der Waals surface area contributed by atoms with Crippen LogP contribution in [0.5, 0.6) is 0 Å². The van der Waals surface area contributed by atoms with Crippen LogP contribution in [-0.2, 0) is 0 Å². The molecule has 0 fully saturated rings. The van der Waals surface area contributed by atoms with Crippen LogP contribution in [0.15, 0.2) is 65.3 Å². The number of carbonyl (C=O) groups is 1. The number of halogens is 1. The first-order chi connectivity index (χ1) is 11.7. The number of rotatable bonds is 3. The van der Waals surface area contributed by atoms with Crippen LogP contribution in [0.2, 0.25) is 0 Å².